The number of nitrogens with zero attached hydrogens (tertiary/aromatic N) is 3. The van der Waals surface area contributed by atoms with Crippen molar-refractivity contribution in [3.63, 3.8) is 0 Å². The van der Waals surface area contributed by atoms with E-state index in [9.17, 15) is 4.79 Å². The molecule has 0 unspecified atom stereocenters. The van der Waals surface area contributed by atoms with Gasteiger partial charge in [-0.05, 0) is 24.3 Å². The molecule has 0 fully saturated rings. The Labute approximate surface area is 184 Å². The lowest BCUT2D eigenvalue weighted by Crippen LogP contribution is -2.20. The van der Waals surface area contributed by atoms with E-state index < -0.39 is 0 Å². The lowest BCUT2D eigenvalue weighted by Gasteiger charge is -2.13. The van der Waals surface area contributed by atoms with Gasteiger partial charge in [-0.2, -0.15) is 0 Å². The van der Waals surface area contributed by atoms with Gasteiger partial charge in [-0.25, -0.2) is 9.97 Å². The molecular weight excluding hydrogens is 408 g/mol. The Balaban J connectivity index is 1.52. The molecule has 0 saturated heterocycles. The normalized spacial score (nSPS) is 14.3. The van der Waals surface area contributed by atoms with Gasteiger partial charge in [0.2, 0.25) is 11.9 Å². The third kappa shape index (κ3) is 3.68. The number of ether oxygens (including phenoxy) is 2. The summed E-state index contributed by atoms with van der Waals surface area (Å²) in [6, 6.07) is 11.4. The zero-order chi connectivity index (χ0) is 22.1. The highest BCUT2D eigenvalue weighted by Gasteiger charge is 2.22. The summed E-state index contributed by atoms with van der Waals surface area (Å²) in [4.78, 5) is 26.1. The molecule has 2 aliphatic heterocycles. The van der Waals surface area contributed by atoms with Crippen LogP contribution in [0.2, 0.25) is 0 Å². The maximum absolute atomic E-state index is 12.5. The number of fused-ring (bicyclic) bond motifs is 3. The van der Waals surface area contributed by atoms with Crippen LogP contribution in [0.5, 0.6) is 11.5 Å². The predicted octanol–water partition coefficient (Wildman–Crippen LogP) is 2.75. The van der Waals surface area contributed by atoms with E-state index in [1.165, 1.54) is 0 Å². The number of aliphatic imine (C=N–C) groups is 1. The Hall–Kier alpha value is -4.14. The second kappa shape index (κ2) is 8.18. The van der Waals surface area contributed by atoms with E-state index in [4.69, 9.17) is 14.5 Å². The quantitative estimate of drug-likeness (QED) is 0.571. The van der Waals surface area contributed by atoms with Gasteiger partial charge in [0.1, 0.15) is 5.84 Å². The first-order valence-corrected chi connectivity index (χ1v) is 10.2. The van der Waals surface area contributed by atoms with Crippen LogP contribution >= 0.6 is 0 Å². The Morgan fingerprint density at radius 3 is 2.72 bits per heavy atom. The zero-order valence-electron chi connectivity index (χ0n) is 17.7. The molecular formula is C23H22N6O3. The van der Waals surface area contributed by atoms with Crippen molar-refractivity contribution in [2.75, 3.05) is 37.9 Å². The van der Waals surface area contributed by atoms with E-state index in [0.717, 1.165) is 41.3 Å². The van der Waals surface area contributed by atoms with Crippen LogP contribution in [-0.2, 0) is 11.2 Å². The highest BCUT2D eigenvalue weighted by atomic mass is 16.5. The van der Waals surface area contributed by atoms with E-state index in [1.54, 1.807) is 20.4 Å². The van der Waals surface area contributed by atoms with Crippen molar-refractivity contribution in [3.8, 4) is 22.8 Å². The first-order valence-electron chi connectivity index (χ1n) is 10.2. The first-order chi connectivity index (χ1) is 15.6. The molecule has 1 aromatic heterocycles. The molecule has 0 bridgehead atoms. The van der Waals surface area contributed by atoms with E-state index >= 15 is 0 Å². The summed E-state index contributed by atoms with van der Waals surface area (Å²) in [5.74, 6) is 2.39. The third-order valence-corrected chi connectivity index (χ3v) is 5.35. The van der Waals surface area contributed by atoms with Crippen molar-refractivity contribution < 1.29 is 14.3 Å². The molecule has 0 spiro atoms. The van der Waals surface area contributed by atoms with Crippen LogP contribution in [0.4, 0.5) is 17.3 Å². The maximum Gasteiger partial charge on any atom is 0.228 e. The van der Waals surface area contributed by atoms with Gasteiger partial charge < -0.3 is 25.4 Å². The molecule has 162 valence electrons. The van der Waals surface area contributed by atoms with Crippen molar-refractivity contribution in [1.29, 1.82) is 0 Å². The average molecular weight is 430 g/mol. The number of hydrogen-bond acceptors (Lipinski definition) is 8. The fourth-order valence-corrected chi connectivity index (χ4v) is 3.83. The van der Waals surface area contributed by atoms with Crippen molar-refractivity contribution >= 4 is 29.1 Å². The van der Waals surface area contributed by atoms with Crippen LogP contribution in [0.1, 0.15) is 11.1 Å². The van der Waals surface area contributed by atoms with Gasteiger partial charge in [-0.3, -0.25) is 9.79 Å². The van der Waals surface area contributed by atoms with Crippen LogP contribution < -0.4 is 25.4 Å². The zero-order valence-corrected chi connectivity index (χ0v) is 17.7. The molecule has 0 radical (unpaired) electrons. The Bertz CT molecular complexity index is 1240. The maximum atomic E-state index is 12.5. The third-order valence-electron chi connectivity index (χ3n) is 5.35. The SMILES string of the molecule is COc1ccc(Nc2ncc3c(n2)-c2ccc(C4=NCCN4)cc2NC(=O)C3)cc1OC. The topological polar surface area (TPSA) is 110 Å². The average Bonchev–Trinajstić information content (AvgIpc) is 3.30. The molecule has 32 heavy (non-hydrogen) atoms. The van der Waals surface area contributed by atoms with Gasteiger partial charge in [0.05, 0.1) is 38.6 Å². The molecule has 2 aromatic carbocycles. The van der Waals surface area contributed by atoms with Gasteiger partial charge in [-0.15, -0.1) is 0 Å². The number of rotatable bonds is 5. The number of aromatic nitrogens is 2. The van der Waals surface area contributed by atoms with Crippen molar-refractivity contribution in [2.24, 2.45) is 4.99 Å². The summed E-state index contributed by atoms with van der Waals surface area (Å²) in [6.07, 6.45) is 1.89. The highest BCUT2D eigenvalue weighted by molar-refractivity contribution is 6.05. The molecule has 0 aliphatic carbocycles. The molecule has 2 aliphatic rings. The second-order valence-corrected chi connectivity index (χ2v) is 7.40. The Morgan fingerprint density at radius 1 is 1.06 bits per heavy atom. The van der Waals surface area contributed by atoms with Gasteiger partial charge in [0.25, 0.3) is 0 Å². The first kappa shape index (κ1) is 19.8. The number of anilines is 3. The molecule has 3 N–H and O–H groups in total. The molecule has 1 amide bonds. The van der Waals surface area contributed by atoms with Gasteiger partial charge in [0.15, 0.2) is 11.5 Å². The standard InChI is InChI=1S/C23H22N6O3/c1-31-18-6-4-15(11-19(18)32-2)27-23-26-12-14-10-20(30)28-17-9-13(22-24-7-8-25-22)3-5-16(17)21(14)29-23/h3-6,9,11-12H,7-8,10H2,1-2H3,(H,24,25)(H,28,30)(H,26,27,29). The number of amides is 1. The van der Waals surface area contributed by atoms with Crippen LogP contribution in [0.15, 0.2) is 47.6 Å². The van der Waals surface area contributed by atoms with Crippen LogP contribution in [-0.4, -0.2) is 49.0 Å². The highest BCUT2D eigenvalue weighted by Crippen LogP contribution is 2.35. The largest absolute Gasteiger partial charge is 0.493 e. The smallest absolute Gasteiger partial charge is 0.228 e. The van der Waals surface area contributed by atoms with Crippen LogP contribution in [0, 0.1) is 0 Å². The summed E-state index contributed by atoms with van der Waals surface area (Å²) in [6.45, 7) is 1.57. The number of amidine groups is 1. The van der Waals surface area contributed by atoms with Gasteiger partial charge >= 0.3 is 0 Å². The lowest BCUT2D eigenvalue weighted by atomic mass is 10.0. The summed E-state index contributed by atoms with van der Waals surface area (Å²) in [7, 11) is 3.18. The number of carbonyl (C=O) groups excluding carboxylic acids is 1. The summed E-state index contributed by atoms with van der Waals surface area (Å²) in [5.41, 5.74) is 4.71. The number of carbonyl (C=O) groups is 1. The summed E-state index contributed by atoms with van der Waals surface area (Å²) in [5, 5.41) is 9.46. The van der Waals surface area contributed by atoms with Crippen molar-refractivity contribution in [1.82, 2.24) is 15.3 Å². The predicted molar refractivity (Wildman–Crippen MR) is 122 cm³/mol. The summed E-state index contributed by atoms with van der Waals surface area (Å²) >= 11 is 0. The molecule has 3 heterocycles. The minimum absolute atomic E-state index is 0.104. The van der Waals surface area contributed by atoms with E-state index in [1.807, 2.05) is 36.4 Å². The fourth-order valence-electron chi connectivity index (χ4n) is 3.83. The molecule has 5 rings (SSSR count). The monoisotopic (exact) mass is 430 g/mol. The van der Waals surface area contributed by atoms with E-state index in [0.29, 0.717) is 28.8 Å². The van der Waals surface area contributed by atoms with Gasteiger partial charge in [0, 0.05) is 41.2 Å². The van der Waals surface area contributed by atoms with Crippen LogP contribution in [0.3, 0.4) is 0 Å². The molecule has 9 heteroatoms. The number of nitrogens with one attached hydrogen (secondary N) is 3. The summed E-state index contributed by atoms with van der Waals surface area (Å²) < 4.78 is 10.7. The fraction of sp³-hybridized carbons (Fsp3) is 0.217. The second-order valence-electron chi connectivity index (χ2n) is 7.40. The minimum atomic E-state index is -0.104. The lowest BCUT2D eigenvalue weighted by molar-refractivity contribution is -0.115. The van der Waals surface area contributed by atoms with Crippen LogP contribution in [0.25, 0.3) is 11.3 Å². The minimum Gasteiger partial charge on any atom is -0.493 e. The van der Waals surface area contributed by atoms with Gasteiger partial charge in [-0.1, -0.05) is 6.07 Å². The molecule has 0 saturated carbocycles. The Kier molecular flexibility index (Phi) is 5.06. The van der Waals surface area contributed by atoms with Crippen molar-refractivity contribution in [3.05, 3.63) is 53.7 Å². The molecule has 0 atom stereocenters. The molecule has 3 aromatic rings. The number of benzene rings is 2. The number of hydrogen-bond donors (Lipinski definition) is 3. The Morgan fingerprint density at radius 2 is 1.94 bits per heavy atom. The van der Waals surface area contributed by atoms with E-state index in [-0.39, 0.29) is 12.3 Å². The number of methoxy groups -OCH3 is 2. The molecule has 9 nitrogen and oxygen atoms in total. The van der Waals surface area contributed by atoms with Crippen molar-refractivity contribution in [2.45, 2.75) is 6.42 Å². The van der Waals surface area contributed by atoms with E-state index in [2.05, 4.69) is 25.9 Å².